The van der Waals surface area contributed by atoms with Gasteiger partial charge in [0.05, 0.1) is 11.0 Å². The van der Waals surface area contributed by atoms with Crippen LogP contribution in [0, 0.1) is 0 Å². The minimum absolute atomic E-state index is 0.134. The Morgan fingerprint density at radius 3 is 2.79 bits per heavy atom. The van der Waals surface area contributed by atoms with Crippen molar-refractivity contribution in [1.29, 1.82) is 0 Å². The molecule has 4 aromatic rings. The number of nitrogens with one attached hydrogen (secondary N) is 2. The Balaban J connectivity index is 1.55. The lowest BCUT2D eigenvalue weighted by Crippen LogP contribution is -2.26. The molecule has 2 aromatic heterocycles. The molecule has 0 saturated heterocycles. The Labute approximate surface area is 166 Å². The predicted molar refractivity (Wildman–Crippen MR) is 108 cm³/mol. The Kier molecular flexibility index (Phi) is 4.99. The number of aromatic nitrogens is 4. The first kappa shape index (κ1) is 18.7. The van der Waals surface area contributed by atoms with E-state index in [1.54, 1.807) is 35.8 Å². The van der Waals surface area contributed by atoms with Gasteiger partial charge in [-0.3, -0.25) is 9.36 Å². The number of fused-ring (bicyclic) bond motifs is 1. The van der Waals surface area contributed by atoms with Gasteiger partial charge in [-0.15, -0.1) is 0 Å². The summed E-state index contributed by atoms with van der Waals surface area (Å²) >= 11 is 0. The summed E-state index contributed by atoms with van der Waals surface area (Å²) in [5.74, 6) is 0.488. The van der Waals surface area contributed by atoms with Gasteiger partial charge in [0.25, 0.3) is 5.91 Å². The van der Waals surface area contributed by atoms with Crippen LogP contribution < -0.4 is 11.0 Å². The van der Waals surface area contributed by atoms with Gasteiger partial charge in [-0.2, -0.15) is 4.98 Å². The summed E-state index contributed by atoms with van der Waals surface area (Å²) in [5, 5.41) is 6.87. The molecule has 2 N–H and O–H groups in total. The normalized spacial score (nSPS) is 12.2. The Hall–Kier alpha value is -3.68. The van der Waals surface area contributed by atoms with Crippen molar-refractivity contribution in [2.75, 3.05) is 0 Å². The van der Waals surface area contributed by atoms with Crippen molar-refractivity contribution >= 4 is 16.9 Å². The summed E-state index contributed by atoms with van der Waals surface area (Å²) in [4.78, 5) is 31.7. The summed E-state index contributed by atoms with van der Waals surface area (Å²) in [6, 6.07) is 14.0. The molecule has 0 aliphatic rings. The highest BCUT2D eigenvalue weighted by atomic mass is 16.5. The predicted octanol–water partition coefficient (Wildman–Crippen LogP) is 3.28. The van der Waals surface area contributed by atoms with Gasteiger partial charge in [-0.25, -0.2) is 4.79 Å². The smallest absolute Gasteiger partial charge is 0.326 e. The van der Waals surface area contributed by atoms with Gasteiger partial charge in [0, 0.05) is 17.7 Å². The Morgan fingerprint density at radius 2 is 2.03 bits per heavy atom. The van der Waals surface area contributed by atoms with E-state index in [0.29, 0.717) is 23.8 Å². The molecule has 1 atom stereocenters. The number of aromatic amines is 1. The zero-order valence-electron chi connectivity index (χ0n) is 16.2. The van der Waals surface area contributed by atoms with Crippen molar-refractivity contribution in [3.05, 3.63) is 70.5 Å². The van der Waals surface area contributed by atoms with Gasteiger partial charge < -0.3 is 14.8 Å². The molecule has 0 bridgehead atoms. The fraction of sp³-hybridized carbons (Fsp3) is 0.238. The monoisotopic (exact) mass is 391 g/mol. The Bertz CT molecular complexity index is 1210. The molecule has 4 rings (SSSR count). The third-order valence-electron chi connectivity index (χ3n) is 4.68. The molecule has 1 amide bonds. The number of aryl methyl sites for hydroxylation is 1. The van der Waals surface area contributed by atoms with Crippen LogP contribution in [0.15, 0.2) is 57.8 Å². The van der Waals surface area contributed by atoms with Crippen molar-refractivity contribution in [3.8, 4) is 11.4 Å². The second-order valence-corrected chi connectivity index (χ2v) is 6.83. The molecule has 0 radical (unpaired) electrons. The van der Waals surface area contributed by atoms with E-state index in [9.17, 15) is 9.59 Å². The number of hydrogen-bond donors (Lipinski definition) is 2. The SMILES string of the molecule is CCCn1c(=O)[nH]c2cc(-c3noc(C(C)NC(=O)c4ccccc4)n3)ccc21. The zero-order valence-corrected chi connectivity index (χ0v) is 16.2. The maximum absolute atomic E-state index is 12.3. The second kappa shape index (κ2) is 7.75. The molecule has 0 aliphatic heterocycles. The van der Waals surface area contributed by atoms with E-state index in [1.165, 1.54) is 0 Å². The molecule has 8 heteroatoms. The third-order valence-corrected chi connectivity index (χ3v) is 4.68. The first-order chi connectivity index (χ1) is 14.1. The van der Waals surface area contributed by atoms with Crippen LogP contribution >= 0.6 is 0 Å². The standard InChI is InChI=1S/C21H21N5O3/c1-3-11-26-17-10-9-15(12-16(17)23-21(26)28)18-24-20(29-25-18)13(2)22-19(27)14-7-5-4-6-8-14/h4-10,12-13H,3,11H2,1-2H3,(H,22,27)(H,23,28). The fourth-order valence-corrected chi connectivity index (χ4v) is 3.21. The van der Waals surface area contributed by atoms with Crippen molar-refractivity contribution in [2.45, 2.75) is 32.9 Å². The highest BCUT2D eigenvalue weighted by molar-refractivity contribution is 5.94. The van der Waals surface area contributed by atoms with E-state index in [1.807, 2.05) is 31.2 Å². The molecule has 8 nitrogen and oxygen atoms in total. The molecular weight excluding hydrogens is 370 g/mol. The minimum atomic E-state index is -0.446. The zero-order chi connectivity index (χ0) is 20.4. The molecular formula is C21H21N5O3. The number of rotatable bonds is 6. The first-order valence-corrected chi connectivity index (χ1v) is 9.49. The summed E-state index contributed by atoms with van der Waals surface area (Å²) in [6.45, 7) is 4.46. The summed E-state index contributed by atoms with van der Waals surface area (Å²) in [5.41, 5.74) is 2.71. The second-order valence-electron chi connectivity index (χ2n) is 6.83. The van der Waals surface area contributed by atoms with Crippen LogP contribution in [0.2, 0.25) is 0 Å². The number of hydrogen-bond acceptors (Lipinski definition) is 5. The summed E-state index contributed by atoms with van der Waals surface area (Å²) in [6.07, 6.45) is 0.870. The van der Waals surface area contributed by atoms with Gasteiger partial charge in [0.1, 0.15) is 6.04 Å². The number of H-pyrrole nitrogens is 1. The molecule has 2 aromatic carbocycles. The average Bonchev–Trinajstić information content (AvgIpc) is 3.34. The minimum Gasteiger partial charge on any atom is -0.341 e. The van der Waals surface area contributed by atoms with Crippen molar-refractivity contribution in [2.24, 2.45) is 0 Å². The number of nitrogens with zero attached hydrogens (tertiary/aromatic N) is 3. The first-order valence-electron chi connectivity index (χ1n) is 9.49. The average molecular weight is 391 g/mol. The maximum atomic E-state index is 12.3. The molecule has 29 heavy (non-hydrogen) atoms. The van der Waals surface area contributed by atoms with Gasteiger partial charge >= 0.3 is 5.69 Å². The fourth-order valence-electron chi connectivity index (χ4n) is 3.21. The number of carbonyl (C=O) groups is 1. The van der Waals surface area contributed by atoms with Crippen molar-refractivity contribution in [1.82, 2.24) is 25.0 Å². The molecule has 0 aliphatic carbocycles. The van der Waals surface area contributed by atoms with E-state index >= 15 is 0 Å². The van der Waals surface area contributed by atoms with Gasteiger partial charge in [0.2, 0.25) is 11.7 Å². The van der Waals surface area contributed by atoms with E-state index in [-0.39, 0.29) is 11.6 Å². The van der Waals surface area contributed by atoms with Crippen LogP contribution in [0.25, 0.3) is 22.4 Å². The van der Waals surface area contributed by atoms with Crippen molar-refractivity contribution in [3.63, 3.8) is 0 Å². The highest BCUT2D eigenvalue weighted by Crippen LogP contribution is 2.22. The summed E-state index contributed by atoms with van der Waals surface area (Å²) < 4.78 is 7.05. The van der Waals surface area contributed by atoms with Crippen molar-refractivity contribution < 1.29 is 9.32 Å². The quantitative estimate of drug-likeness (QED) is 0.525. The van der Waals surface area contributed by atoms with Crippen LogP contribution in [0.1, 0.15) is 42.6 Å². The molecule has 1 unspecified atom stereocenters. The molecule has 148 valence electrons. The third kappa shape index (κ3) is 3.69. The van der Waals surface area contributed by atoms with Crippen LogP contribution in [0.4, 0.5) is 0 Å². The molecule has 0 spiro atoms. The van der Waals surface area contributed by atoms with Gasteiger partial charge in [-0.1, -0.05) is 30.3 Å². The largest absolute Gasteiger partial charge is 0.341 e. The van der Waals surface area contributed by atoms with Crippen LogP contribution in [-0.2, 0) is 6.54 Å². The highest BCUT2D eigenvalue weighted by Gasteiger charge is 2.18. The van der Waals surface area contributed by atoms with Gasteiger partial charge in [0.15, 0.2) is 0 Å². The Morgan fingerprint density at radius 1 is 1.24 bits per heavy atom. The lowest BCUT2D eigenvalue weighted by Gasteiger charge is -2.09. The van der Waals surface area contributed by atoms with Gasteiger partial charge in [-0.05, 0) is 43.7 Å². The number of imidazole rings is 1. The molecule has 0 fully saturated rings. The lowest BCUT2D eigenvalue weighted by atomic mass is 10.2. The van der Waals surface area contributed by atoms with E-state index in [2.05, 4.69) is 20.4 Å². The lowest BCUT2D eigenvalue weighted by molar-refractivity contribution is 0.0932. The van der Waals surface area contributed by atoms with Crippen LogP contribution in [0.3, 0.4) is 0 Å². The van der Waals surface area contributed by atoms with Crippen LogP contribution in [0.5, 0.6) is 0 Å². The topological polar surface area (TPSA) is 106 Å². The number of carbonyl (C=O) groups excluding carboxylic acids is 1. The van der Waals surface area contributed by atoms with E-state index in [0.717, 1.165) is 23.0 Å². The molecule has 0 saturated carbocycles. The number of amides is 1. The number of benzene rings is 2. The maximum Gasteiger partial charge on any atom is 0.326 e. The summed E-state index contributed by atoms with van der Waals surface area (Å²) in [7, 11) is 0. The van der Waals surface area contributed by atoms with E-state index < -0.39 is 6.04 Å². The molecule has 2 heterocycles. The van der Waals surface area contributed by atoms with E-state index in [4.69, 9.17) is 4.52 Å². The van der Waals surface area contributed by atoms with Crippen LogP contribution in [-0.4, -0.2) is 25.6 Å².